The molecule has 0 N–H and O–H groups in total. The van der Waals surface area contributed by atoms with Gasteiger partial charge in [0.15, 0.2) is 0 Å². The Morgan fingerprint density at radius 2 is 1.17 bits per heavy atom. The van der Waals surface area contributed by atoms with E-state index in [4.69, 9.17) is 4.98 Å². The van der Waals surface area contributed by atoms with E-state index in [1.54, 1.807) is 0 Å². The highest BCUT2D eigenvalue weighted by Crippen LogP contribution is 2.46. The highest BCUT2D eigenvalue weighted by molar-refractivity contribution is 6.09. The van der Waals surface area contributed by atoms with E-state index in [-0.39, 0.29) is 5.41 Å². The third kappa shape index (κ3) is 6.46. The van der Waals surface area contributed by atoms with Gasteiger partial charge in [-0.1, -0.05) is 129 Å². The van der Waals surface area contributed by atoms with E-state index >= 15 is 0 Å². The van der Waals surface area contributed by atoms with E-state index in [0.717, 1.165) is 24.4 Å². The van der Waals surface area contributed by atoms with Gasteiger partial charge in [0, 0.05) is 33.8 Å². The molecule has 0 bridgehead atoms. The molecular weight excluding hydrogens is 717 g/mol. The van der Waals surface area contributed by atoms with E-state index in [1.165, 1.54) is 89.1 Å². The molecule has 59 heavy (non-hydrogen) atoms. The van der Waals surface area contributed by atoms with Crippen molar-refractivity contribution in [3.8, 4) is 16.9 Å². The van der Waals surface area contributed by atoms with Crippen molar-refractivity contribution in [3.63, 3.8) is 0 Å². The zero-order chi connectivity index (χ0) is 40.3. The number of para-hydroxylation sites is 4. The van der Waals surface area contributed by atoms with Crippen molar-refractivity contribution in [2.75, 3.05) is 16.5 Å². The minimum atomic E-state index is -0.187. The molecule has 1 aliphatic rings. The maximum atomic E-state index is 5.03. The van der Waals surface area contributed by atoms with Gasteiger partial charge in [0.05, 0.1) is 22.4 Å². The van der Waals surface area contributed by atoms with E-state index in [2.05, 4.69) is 219 Å². The van der Waals surface area contributed by atoms with Gasteiger partial charge in [-0.2, -0.15) is 0 Å². The van der Waals surface area contributed by atoms with Crippen LogP contribution in [-0.4, -0.2) is 16.2 Å². The summed E-state index contributed by atoms with van der Waals surface area (Å²) in [5, 5.41) is 2.46. The Morgan fingerprint density at radius 3 is 1.92 bits per heavy atom. The third-order valence-corrected chi connectivity index (χ3v) is 12.4. The second kappa shape index (κ2) is 14.5. The summed E-state index contributed by atoms with van der Waals surface area (Å²) in [6, 6.07) is 62.3. The van der Waals surface area contributed by atoms with Gasteiger partial charge >= 0.3 is 0 Å². The lowest BCUT2D eigenvalue weighted by atomic mass is 9.78. The summed E-state index contributed by atoms with van der Waals surface area (Å²) in [6.45, 7) is 12.0. The fourth-order valence-electron chi connectivity index (χ4n) is 9.53. The van der Waals surface area contributed by atoms with Crippen molar-refractivity contribution in [1.29, 1.82) is 0 Å². The predicted octanol–water partition coefficient (Wildman–Crippen LogP) is 13.9. The number of nitrogens with zero attached hydrogens (tertiary/aromatic N) is 4. The van der Waals surface area contributed by atoms with Gasteiger partial charge in [-0.15, -0.1) is 0 Å². The smallest absolute Gasteiger partial charge is 0.137 e. The second-order valence-electron chi connectivity index (χ2n) is 16.8. The molecule has 288 valence electrons. The fraction of sp³-hybridized carbons (Fsp3) is 0.145. The molecule has 0 spiro atoms. The number of fused-ring (bicyclic) bond motifs is 4. The number of rotatable bonds is 8. The zero-order valence-electron chi connectivity index (χ0n) is 34.4. The van der Waals surface area contributed by atoms with Gasteiger partial charge in [0.2, 0.25) is 0 Å². The SMILES string of the molecule is Cc1cc(C)c(-c2cc(Cc3ccc4c5ccccc5n(-c5cc(C(C)(C)c6ccccc6)ccn5)c4c3)cc(N3CN(c4ccccc4)c4ccccc43)c2)c(C)c1. The van der Waals surface area contributed by atoms with Gasteiger partial charge in [-0.05, 0) is 132 Å². The topological polar surface area (TPSA) is 24.3 Å². The monoisotopic (exact) mass is 764 g/mol. The number of hydrogen-bond acceptors (Lipinski definition) is 3. The molecule has 0 amide bonds. The number of aryl methyl sites for hydroxylation is 3. The summed E-state index contributed by atoms with van der Waals surface area (Å²) >= 11 is 0. The van der Waals surface area contributed by atoms with Crippen LogP contribution in [0.1, 0.15) is 52.8 Å². The van der Waals surface area contributed by atoms with Gasteiger partial charge in [-0.25, -0.2) is 4.98 Å². The third-order valence-electron chi connectivity index (χ3n) is 12.4. The Balaban J connectivity index is 1.10. The molecule has 0 fully saturated rings. The Kier molecular flexibility index (Phi) is 8.94. The summed E-state index contributed by atoms with van der Waals surface area (Å²) in [6.07, 6.45) is 2.76. The van der Waals surface area contributed by atoms with Crippen molar-refractivity contribution in [2.45, 2.75) is 46.5 Å². The van der Waals surface area contributed by atoms with Crippen LogP contribution in [0.2, 0.25) is 0 Å². The highest BCUT2D eigenvalue weighted by Gasteiger charge is 2.29. The molecule has 1 aliphatic heterocycles. The van der Waals surface area contributed by atoms with Gasteiger partial charge < -0.3 is 9.80 Å². The molecule has 4 heteroatoms. The quantitative estimate of drug-likeness (QED) is 0.154. The normalized spacial score (nSPS) is 12.8. The lowest BCUT2D eigenvalue weighted by molar-refractivity contribution is 0.639. The van der Waals surface area contributed by atoms with Crippen molar-refractivity contribution < 1.29 is 0 Å². The molecule has 0 atom stereocenters. The average Bonchev–Trinajstić information content (AvgIpc) is 3.80. The Labute approximate surface area is 347 Å². The molecule has 0 radical (unpaired) electrons. The van der Waals surface area contributed by atoms with Crippen LogP contribution in [-0.2, 0) is 11.8 Å². The van der Waals surface area contributed by atoms with Crippen LogP contribution in [0.3, 0.4) is 0 Å². The van der Waals surface area contributed by atoms with Crippen molar-refractivity contribution in [1.82, 2.24) is 9.55 Å². The van der Waals surface area contributed by atoms with E-state index in [9.17, 15) is 0 Å². The molecule has 4 nitrogen and oxygen atoms in total. The van der Waals surface area contributed by atoms with Crippen LogP contribution in [0.15, 0.2) is 176 Å². The first-order valence-electron chi connectivity index (χ1n) is 20.7. The summed E-state index contributed by atoms with van der Waals surface area (Å²) in [7, 11) is 0. The first-order chi connectivity index (χ1) is 28.7. The number of anilines is 4. The van der Waals surface area contributed by atoms with Crippen molar-refractivity contribution in [2.24, 2.45) is 0 Å². The summed E-state index contributed by atoms with van der Waals surface area (Å²) in [5.74, 6) is 0.931. The van der Waals surface area contributed by atoms with E-state index in [0.29, 0.717) is 0 Å². The van der Waals surface area contributed by atoms with Gasteiger partial charge in [0.1, 0.15) is 12.5 Å². The lowest BCUT2D eigenvalue weighted by Gasteiger charge is -2.26. The van der Waals surface area contributed by atoms with Gasteiger partial charge in [-0.3, -0.25) is 4.57 Å². The van der Waals surface area contributed by atoms with Crippen LogP contribution < -0.4 is 9.80 Å². The molecule has 2 aromatic heterocycles. The molecule has 0 unspecified atom stereocenters. The van der Waals surface area contributed by atoms with Crippen LogP contribution in [0, 0.1) is 20.8 Å². The molecule has 10 rings (SSSR count). The predicted molar refractivity (Wildman–Crippen MR) is 248 cm³/mol. The highest BCUT2D eigenvalue weighted by atomic mass is 15.4. The summed E-state index contributed by atoms with van der Waals surface area (Å²) < 4.78 is 2.36. The number of benzene rings is 7. The molecule has 9 aromatic rings. The fourth-order valence-corrected chi connectivity index (χ4v) is 9.53. The molecule has 0 saturated carbocycles. The van der Waals surface area contributed by atoms with Crippen LogP contribution in [0.4, 0.5) is 22.7 Å². The average molecular weight is 765 g/mol. The minimum absolute atomic E-state index is 0.187. The number of hydrogen-bond donors (Lipinski definition) is 0. The maximum Gasteiger partial charge on any atom is 0.137 e. The Morgan fingerprint density at radius 1 is 0.525 bits per heavy atom. The number of pyridine rings is 1. The van der Waals surface area contributed by atoms with Crippen LogP contribution in [0.25, 0.3) is 38.8 Å². The largest absolute Gasteiger partial charge is 0.321 e. The zero-order valence-corrected chi connectivity index (χ0v) is 34.4. The second-order valence-corrected chi connectivity index (χ2v) is 16.8. The van der Waals surface area contributed by atoms with Crippen LogP contribution in [0.5, 0.6) is 0 Å². The minimum Gasteiger partial charge on any atom is -0.321 e. The standard InChI is InChI=1S/C55H48N4/c1-37-28-38(2)54(39(3)29-37)42-31-41(32-46(34-42)58-36-57(45-18-10-7-11-19-45)50-22-14-15-23-51(50)58)30-40-24-25-48-47-20-12-13-21-49(47)59(52(48)33-40)53-35-44(26-27-56-53)55(4,5)43-16-8-6-9-17-43/h6-29,31-35H,30,36H2,1-5H3. The Bertz CT molecular complexity index is 2990. The van der Waals surface area contributed by atoms with Crippen molar-refractivity contribution >= 4 is 44.6 Å². The van der Waals surface area contributed by atoms with Crippen LogP contribution >= 0.6 is 0 Å². The molecular formula is C55H48N4. The van der Waals surface area contributed by atoms with Crippen molar-refractivity contribution in [3.05, 3.63) is 215 Å². The van der Waals surface area contributed by atoms with E-state index in [1.807, 2.05) is 6.20 Å². The molecule has 3 heterocycles. The molecule has 0 saturated heterocycles. The van der Waals surface area contributed by atoms with E-state index < -0.39 is 0 Å². The van der Waals surface area contributed by atoms with Gasteiger partial charge in [0.25, 0.3) is 0 Å². The summed E-state index contributed by atoms with van der Waals surface area (Å²) in [4.78, 5) is 9.92. The number of aromatic nitrogens is 2. The summed E-state index contributed by atoms with van der Waals surface area (Å²) in [5.41, 5.74) is 18.5. The first kappa shape index (κ1) is 36.4. The molecule has 7 aromatic carbocycles. The Hall–Kier alpha value is -6.91. The lowest BCUT2D eigenvalue weighted by Crippen LogP contribution is -2.24. The molecule has 0 aliphatic carbocycles. The maximum absolute atomic E-state index is 5.03. The first-order valence-corrected chi connectivity index (χ1v) is 20.7.